The molecule has 2 unspecified atom stereocenters. The highest BCUT2D eigenvalue weighted by Crippen LogP contribution is 2.43. The molecule has 1 amide bonds. The topological polar surface area (TPSA) is 88.5 Å². The Morgan fingerprint density at radius 1 is 1.18 bits per heavy atom. The average molecular weight is 521 g/mol. The molecule has 0 radical (unpaired) electrons. The van der Waals surface area contributed by atoms with Crippen LogP contribution in [0.2, 0.25) is 0 Å². The molecule has 202 valence electrons. The number of hydrogen-bond donors (Lipinski definition) is 1. The molecule has 4 rings (SSSR count). The summed E-state index contributed by atoms with van der Waals surface area (Å²) in [5, 5.41) is 11.5. The molecule has 2 aliphatic heterocycles. The van der Waals surface area contributed by atoms with Gasteiger partial charge in [-0.15, -0.1) is 0 Å². The first-order valence-electron chi connectivity index (χ1n) is 13.0. The van der Waals surface area contributed by atoms with Gasteiger partial charge in [0.15, 0.2) is 11.5 Å². The van der Waals surface area contributed by atoms with Crippen molar-refractivity contribution in [1.29, 1.82) is 0 Å². The van der Waals surface area contributed by atoms with Crippen LogP contribution in [-0.4, -0.2) is 73.1 Å². The Morgan fingerprint density at radius 3 is 2.68 bits per heavy atom. The molecule has 2 atom stereocenters. The number of aliphatic hydroxyl groups is 1. The van der Waals surface area contributed by atoms with Gasteiger partial charge in [0.05, 0.1) is 18.2 Å². The zero-order chi connectivity index (χ0) is 27.4. The Balaban J connectivity index is 1.81. The molecule has 38 heavy (non-hydrogen) atoms. The number of likely N-dealkylation sites (tertiary alicyclic amines) is 1. The Labute approximate surface area is 224 Å². The summed E-state index contributed by atoms with van der Waals surface area (Å²) >= 11 is 0. The van der Waals surface area contributed by atoms with E-state index in [9.17, 15) is 14.7 Å². The largest absolute Gasteiger partial charge is 0.507 e. The number of Topliss-reactive ketones (excluding diaryl/α,β-unsaturated/α-hetero) is 1. The van der Waals surface area contributed by atoms with Gasteiger partial charge in [-0.1, -0.05) is 18.7 Å². The van der Waals surface area contributed by atoms with Crippen LogP contribution in [0.25, 0.3) is 5.76 Å². The molecule has 1 saturated heterocycles. The molecule has 0 bridgehead atoms. The highest BCUT2D eigenvalue weighted by molar-refractivity contribution is 6.46. The molecule has 2 aromatic rings. The van der Waals surface area contributed by atoms with Crippen molar-refractivity contribution in [3.63, 3.8) is 0 Å². The molecule has 8 nitrogen and oxygen atoms in total. The van der Waals surface area contributed by atoms with Gasteiger partial charge in [-0.2, -0.15) is 0 Å². The second-order valence-electron chi connectivity index (χ2n) is 9.84. The Bertz CT molecular complexity index is 1250. The van der Waals surface area contributed by atoms with Gasteiger partial charge in [0.25, 0.3) is 11.7 Å². The van der Waals surface area contributed by atoms with E-state index in [2.05, 4.69) is 6.58 Å². The molecule has 0 saturated carbocycles. The van der Waals surface area contributed by atoms with Crippen molar-refractivity contribution in [2.45, 2.75) is 38.8 Å². The fourth-order valence-electron chi connectivity index (χ4n) is 4.97. The molecule has 0 aromatic heterocycles. The molecule has 8 heteroatoms. The van der Waals surface area contributed by atoms with Gasteiger partial charge < -0.3 is 29.1 Å². The minimum absolute atomic E-state index is 0.0449. The van der Waals surface area contributed by atoms with Crippen LogP contribution in [0.1, 0.15) is 43.0 Å². The van der Waals surface area contributed by atoms with Crippen molar-refractivity contribution in [3.8, 4) is 17.2 Å². The third kappa shape index (κ3) is 5.55. The number of ketones is 1. The van der Waals surface area contributed by atoms with Gasteiger partial charge in [0.2, 0.25) is 0 Å². The van der Waals surface area contributed by atoms with E-state index >= 15 is 0 Å². The smallest absolute Gasteiger partial charge is 0.295 e. The SMILES string of the molecule is C=CCOc1ccc(C2/C(=C(/O)c3ccc4c(c3)CC(C)O4)C(=O)C(=O)N2CCCN(C)C)cc1OCC. The number of fused-ring (bicyclic) bond motifs is 1. The molecule has 0 spiro atoms. The normalized spacial score (nSPS) is 20.0. The van der Waals surface area contributed by atoms with Crippen LogP contribution < -0.4 is 14.2 Å². The van der Waals surface area contributed by atoms with Gasteiger partial charge in [-0.3, -0.25) is 9.59 Å². The van der Waals surface area contributed by atoms with Crippen molar-refractivity contribution in [2.24, 2.45) is 0 Å². The molecule has 1 N–H and O–H groups in total. The van der Waals surface area contributed by atoms with E-state index in [1.165, 1.54) is 0 Å². The van der Waals surface area contributed by atoms with Gasteiger partial charge in [-0.05, 0) is 82.4 Å². The summed E-state index contributed by atoms with van der Waals surface area (Å²) < 4.78 is 17.4. The van der Waals surface area contributed by atoms with Crippen molar-refractivity contribution in [2.75, 3.05) is 40.4 Å². The van der Waals surface area contributed by atoms with Crippen molar-refractivity contribution in [1.82, 2.24) is 9.80 Å². The Kier molecular flexibility index (Phi) is 8.42. The van der Waals surface area contributed by atoms with E-state index in [0.717, 1.165) is 17.9 Å². The van der Waals surface area contributed by atoms with E-state index < -0.39 is 17.7 Å². The number of benzene rings is 2. The summed E-state index contributed by atoms with van der Waals surface area (Å²) in [6, 6.07) is 9.94. The minimum Gasteiger partial charge on any atom is -0.507 e. The zero-order valence-electron chi connectivity index (χ0n) is 22.5. The summed E-state index contributed by atoms with van der Waals surface area (Å²) in [4.78, 5) is 30.3. The van der Waals surface area contributed by atoms with E-state index in [1.807, 2.05) is 45.0 Å². The third-order valence-corrected chi connectivity index (χ3v) is 6.65. The van der Waals surface area contributed by atoms with Crippen LogP contribution >= 0.6 is 0 Å². The predicted octanol–water partition coefficient (Wildman–Crippen LogP) is 4.35. The molecule has 2 heterocycles. The lowest BCUT2D eigenvalue weighted by Gasteiger charge is -2.26. The molecule has 2 aliphatic rings. The molecule has 2 aromatic carbocycles. The second kappa shape index (κ2) is 11.7. The monoisotopic (exact) mass is 520 g/mol. The zero-order valence-corrected chi connectivity index (χ0v) is 22.5. The highest BCUT2D eigenvalue weighted by Gasteiger charge is 2.46. The van der Waals surface area contributed by atoms with Crippen LogP contribution in [0.15, 0.2) is 54.6 Å². The van der Waals surface area contributed by atoms with Crippen LogP contribution in [0.4, 0.5) is 0 Å². The summed E-state index contributed by atoms with van der Waals surface area (Å²) in [7, 11) is 3.92. The number of hydrogen-bond acceptors (Lipinski definition) is 7. The van der Waals surface area contributed by atoms with Crippen LogP contribution in [0, 0.1) is 0 Å². The Hall–Kier alpha value is -3.78. The molecule has 0 aliphatic carbocycles. The highest BCUT2D eigenvalue weighted by atomic mass is 16.5. The van der Waals surface area contributed by atoms with Crippen LogP contribution in [-0.2, 0) is 16.0 Å². The standard InChI is InChI=1S/C30H36N2O6/c1-6-15-37-24-12-9-20(18-25(24)36-7-2)27-26(29(34)30(35)32(27)14-8-13-31(4)5)28(33)21-10-11-23-22(17-21)16-19(3)38-23/h6,9-12,17-19,27,33H,1,7-8,13-16H2,2-5H3/b28-26-. The first-order chi connectivity index (χ1) is 18.2. The predicted molar refractivity (Wildman–Crippen MR) is 146 cm³/mol. The van der Waals surface area contributed by atoms with Crippen molar-refractivity contribution in [3.05, 3.63) is 71.3 Å². The van der Waals surface area contributed by atoms with E-state index in [4.69, 9.17) is 14.2 Å². The number of nitrogens with zero attached hydrogens (tertiary/aromatic N) is 2. The second-order valence-corrected chi connectivity index (χ2v) is 9.84. The average Bonchev–Trinajstić information content (AvgIpc) is 3.38. The van der Waals surface area contributed by atoms with E-state index in [-0.39, 0.29) is 17.4 Å². The molecular weight excluding hydrogens is 484 g/mol. The van der Waals surface area contributed by atoms with Gasteiger partial charge in [0, 0.05) is 18.5 Å². The van der Waals surface area contributed by atoms with E-state index in [1.54, 1.807) is 35.2 Å². The maximum Gasteiger partial charge on any atom is 0.295 e. The van der Waals surface area contributed by atoms with Crippen molar-refractivity contribution >= 4 is 17.4 Å². The number of rotatable bonds is 11. The van der Waals surface area contributed by atoms with Crippen molar-refractivity contribution < 1.29 is 28.9 Å². The summed E-state index contributed by atoms with van der Waals surface area (Å²) in [5.41, 5.74) is 2.16. The fraction of sp³-hybridized carbons (Fsp3) is 0.400. The maximum atomic E-state index is 13.4. The quantitative estimate of drug-likeness (QED) is 0.204. The number of aliphatic hydroxyl groups excluding tert-OH is 1. The maximum absolute atomic E-state index is 13.4. The van der Waals surface area contributed by atoms with Gasteiger partial charge in [0.1, 0.15) is 24.2 Å². The summed E-state index contributed by atoms with van der Waals surface area (Å²) in [6.45, 7) is 9.37. The van der Waals surface area contributed by atoms with Gasteiger partial charge >= 0.3 is 0 Å². The molecular formula is C30H36N2O6. The Morgan fingerprint density at radius 2 is 1.97 bits per heavy atom. The lowest BCUT2D eigenvalue weighted by atomic mass is 9.94. The fourth-order valence-corrected chi connectivity index (χ4v) is 4.97. The van der Waals surface area contributed by atoms with Crippen LogP contribution in [0.5, 0.6) is 17.2 Å². The number of ether oxygens (including phenoxy) is 3. The van der Waals surface area contributed by atoms with Crippen LogP contribution in [0.3, 0.4) is 0 Å². The first-order valence-corrected chi connectivity index (χ1v) is 13.0. The third-order valence-electron chi connectivity index (χ3n) is 6.65. The lowest BCUT2D eigenvalue weighted by molar-refractivity contribution is -0.139. The van der Waals surface area contributed by atoms with E-state index in [0.29, 0.717) is 55.2 Å². The molecule has 1 fully saturated rings. The summed E-state index contributed by atoms with van der Waals surface area (Å²) in [5.74, 6) is 0.273. The first kappa shape index (κ1) is 27.3. The number of carbonyl (C=O) groups is 2. The summed E-state index contributed by atoms with van der Waals surface area (Å²) in [6.07, 6.45) is 3.07. The number of amides is 1. The minimum atomic E-state index is -0.770. The number of carbonyl (C=O) groups excluding carboxylic acids is 2. The lowest BCUT2D eigenvalue weighted by Crippen LogP contribution is -2.32. The van der Waals surface area contributed by atoms with Gasteiger partial charge in [-0.25, -0.2) is 0 Å².